The maximum atomic E-state index is 14.2. The van der Waals surface area contributed by atoms with Crippen LogP contribution in [0.1, 0.15) is 36.6 Å². The van der Waals surface area contributed by atoms with Crippen LogP contribution in [-0.2, 0) is 9.53 Å². The average Bonchev–Trinajstić information content (AvgIpc) is 3.32. The number of benzene rings is 3. The Morgan fingerprint density at radius 2 is 1.79 bits per heavy atom. The van der Waals surface area contributed by atoms with Gasteiger partial charge in [-0.25, -0.2) is 9.79 Å². The van der Waals surface area contributed by atoms with Gasteiger partial charge in [-0.05, 0) is 50.3 Å². The topological polar surface area (TPSA) is 88.4 Å². The number of carbonyl (C=O) groups excluding carboxylic acids is 1. The van der Waals surface area contributed by atoms with Crippen LogP contribution in [0, 0.1) is 0 Å². The van der Waals surface area contributed by atoms with Crippen molar-refractivity contribution in [3.63, 3.8) is 0 Å². The van der Waals surface area contributed by atoms with Gasteiger partial charge in [0.25, 0.3) is 5.56 Å². The summed E-state index contributed by atoms with van der Waals surface area (Å²) in [7, 11) is 3.09. The van der Waals surface area contributed by atoms with Crippen LogP contribution >= 0.6 is 22.9 Å². The summed E-state index contributed by atoms with van der Waals surface area (Å²) >= 11 is 7.51. The Morgan fingerprint density at radius 1 is 1.00 bits per heavy atom. The first kappa shape index (κ1) is 29.2. The number of aromatic nitrogens is 1. The molecule has 1 atom stereocenters. The summed E-state index contributed by atoms with van der Waals surface area (Å²) in [5.74, 6) is 1.03. The molecule has 1 aliphatic rings. The van der Waals surface area contributed by atoms with Gasteiger partial charge < -0.3 is 18.9 Å². The third-order valence-electron chi connectivity index (χ3n) is 6.67. The number of hydrogen-bond donors (Lipinski definition) is 0. The Morgan fingerprint density at radius 3 is 2.48 bits per heavy atom. The molecule has 0 spiro atoms. The number of halogens is 1. The highest BCUT2D eigenvalue weighted by molar-refractivity contribution is 7.07. The minimum Gasteiger partial charge on any atom is -0.497 e. The summed E-state index contributed by atoms with van der Waals surface area (Å²) in [5.41, 5.74) is 2.25. The monoisotopic (exact) mass is 604 g/mol. The van der Waals surface area contributed by atoms with Gasteiger partial charge in [0, 0.05) is 27.8 Å². The molecular formula is C32H29ClN2O6S. The van der Waals surface area contributed by atoms with Gasteiger partial charge in [-0.1, -0.05) is 53.3 Å². The number of rotatable bonds is 9. The zero-order valence-electron chi connectivity index (χ0n) is 23.5. The molecule has 4 aromatic rings. The summed E-state index contributed by atoms with van der Waals surface area (Å²) < 4.78 is 24.4. The van der Waals surface area contributed by atoms with Crippen molar-refractivity contribution in [2.75, 3.05) is 27.4 Å². The molecule has 0 N–H and O–H groups in total. The second-order valence-electron chi connectivity index (χ2n) is 9.15. The summed E-state index contributed by atoms with van der Waals surface area (Å²) in [4.78, 5) is 33.2. The van der Waals surface area contributed by atoms with Crippen LogP contribution in [0.25, 0.3) is 11.8 Å². The zero-order chi connectivity index (χ0) is 29.8. The molecule has 2 heterocycles. The number of esters is 1. The van der Waals surface area contributed by atoms with Gasteiger partial charge in [-0.3, -0.25) is 9.36 Å². The number of carbonyl (C=O) groups is 1. The summed E-state index contributed by atoms with van der Waals surface area (Å²) in [6.45, 7) is 4.22. The highest BCUT2D eigenvalue weighted by Crippen LogP contribution is 2.40. The van der Waals surface area contributed by atoms with Gasteiger partial charge in [0.15, 0.2) is 4.80 Å². The molecule has 3 aromatic carbocycles. The van der Waals surface area contributed by atoms with Crippen molar-refractivity contribution in [1.82, 2.24) is 4.57 Å². The van der Waals surface area contributed by atoms with E-state index in [9.17, 15) is 9.59 Å². The van der Waals surface area contributed by atoms with Crippen molar-refractivity contribution >= 4 is 40.7 Å². The zero-order valence-corrected chi connectivity index (χ0v) is 25.1. The maximum Gasteiger partial charge on any atom is 0.338 e. The number of fused-ring (bicyclic) bond motifs is 1. The standard InChI is InChI=1S/C32H29ClN2O6S/c1-5-40-24-15-12-21(33)16-20(24)17-26-30(36)35-29(23-14-13-22(38-3)18-25(23)39-4)27(31(37)41-6-2)28(34-32(35)42-26)19-10-8-7-9-11-19/h7-18,29H,5-6H2,1-4H3/b26-17-/t29-/m1/s1. The lowest BCUT2D eigenvalue weighted by molar-refractivity contribution is -0.138. The van der Waals surface area contributed by atoms with Crippen LogP contribution in [0.2, 0.25) is 5.02 Å². The van der Waals surface area contributed by atoms with E-state index in [1.807, 2.05) is 37.3 Å². The van der Waals surface area contributed by atoms with Crippen LogP contribution in [0.15, 0.2) is 82.1 Å². The Bertz CT molecular complexity index is 1840. The normalized spacial score (nSPS) is 14.7. The molecule has 42 heavy (non-hydrogen) atoms. The molecule has 0 fully saturated rings. The quantitative estimate of drug-likeness (QED) is 0.250. The predicted molar refractivity (Wildman–Crippen MR) is 163 cm³/mol. The van der Waals surface area contributed by atoms with Crippen LogP contribution < -0.4 is 29.1 Å². The fraction of sp³-hybridized carbons (Fsp3) is 0.219. The third kappa shape index (κ3) is 5.57. The van der Waals surface area contributed by atoms with Crippen molar-refractivity contribution in [1.29, 1.82) is 0 Å². The summed E-state index contributed by atoms with van der Waals surface area (Å²) in [6, 6.07) is 19.0. The molecule has 0 aliphatic carbocycles. The Hall–Kier alpha value is -4.34. The summed E-state index contributed by atoms with van der Waals surface area (Å²) in [5, 5.41) is 0.509. The minimum absolute atomic E-state index is 0.149. The number of methoxy groups -OCH3 is 2. The first-order chi connectivity index (χ1) is 20.4. The lowest BCUT2D eigenvalue weighted by Crippen LogP contribution is -2.40. The van der Waals surface area contributed by atoms with Crippen molar-refractivity contribution in [3.05, 3.63) is 114 Å². The van der Waals surface area contributed by atoms with Gasteiger partial charge in [0.05, 0.1) is 43.2 Å². The van der Waals surface area contributed by atoms with Gasteiger partial charge in [-0.15, -0.1) is 0 Å². The van der Waals surface area contributed by atoms with E-state index in [1.165, 1.54) is 23.0 Å². The van der Waals surface area contributed by atoms with Crippen molar-refractivity contribution in [2.45, 2.75) is 19.9 Å². The van der Waals surface area contributed by atoms with Gasteiger partial charge in [0.2, 0.25) is 0 Å². The second-order valence-corrected chi connectivity index (χ2v) is 10.6. The van der Waals surface area contributed by atoms with Gasteiger partial charge in [0.1, 0.15) is 23.3 Å². The molecular weight excluding hydrogens is 576 g/mol. The highest BCUT2D eigenvalue weighted by atomic mass is 35.5. The molecule has 5 rings (SSSR count). The average molecular weight is 605 g/mol. The molecule has 1 aliphatic heterocycles. The van der Waals surface area contributed by atoms with E-state index < -0.39 is 12.0 Å². The molecule has 0 amide bonds. The lowest BCUT2D eigenvalue weighted by atomic mass is 9.92. The van der Waals surface area contributed by atoms with Gasteiger partial charge in [-0.2, -0.15) is 0 Å². The number of thiazole rings is 1. The fourth-order valence-corrected chi connectivity index (χ4v) is 6.01. The highest BCUT2D eigenvalue weighted by Gasteiger charge is 2.36. The molecule has 8 nitrogen and oxygen atoms in total. The van der Waals surface area contributed by atoms with E-state index >= 15 is 0 Å². The Balaban J connectivity index is 1.86. The maximum absolute atomic E-state index is 14.2. The number of ether oxygens (including phenoxy) is 4. The SMILES string of the molecule is CCOC(=O)C1=C(c2ccccc2)N=c2s/c(=C\c3cc(Cl)ccc3OCC)c(=O)n2[C@@H]1c1ccc(OC)cc1OC. The van der Waals surface area contributed by atoms with E-state index in [4.69, 9.17) is 35.5 Å². The van der Waals surface area contributed by atoms with Crippen molar-refractivity contribution in [3.8, 4) is 17.2 Å². The van der Waals surface area contributed by atoms with E-state index in [0.717, 1.165) is 0 Å². The molecule has 0 saturated heterocycles. The Labute approximate surface area is 251 Å². The molecule has 0 bridgehead atoms. The van der Waals surface area contributed by atoms with Crippen LogP contribution in [-0.4, -0.2) is 38.0 Å². The molecule has 10 heteroatoms. The molecule has 0 radical (unpaired) electrons. The first-order valence-electron chi connectivity index (χ1n) is 13.3. The van der Waals surface area contributed by atoms with E-state index in [2.05, 4.69) is 0 Å². The largest absolute Gasteiger partial charge is 0.497 e. The predicted octanol–water partition coefficient (Wildman–Crippen LogP) is 5.00. The summed E-state index contributed by atoms with van der Waals surface area (Å²) in [6.07, 6.45) is 1.74. The van der Waals surface area contributed by atoms with Crippen LogP contribution in [0.3, 0.4) is 0 Å². The number of hydrogen-bond acceptors (Lipinski definition) is 8. The van der Waals surface area contributed by atoms with Crippen LogP contribution in [0.5, 0.6) is 17.2 Å². The lowest BCUT2D eigenvalue weighted by Gasteiger charge is -2.27. The molecule has 216 valence electrons. The van der Waals surface area contributed by atoms with Crippen molar-refractivity contribution in [2.24, 2.45) is 4.99 Å². The molecule has 0 saturated carbocycles. The fourth-order valence-electron chi connectivity index (χ4n) is 4.84. The smallest absolute Gasteiger partial charge is 0.338 e. The van der Waals surface area contributed by atoms with Gasteiger partial charge >= 0.3 is 5.97 Å². The minimum atomic E-state index is -0.899. The Kier molecular flexibility index (Phi) is 8.80. The van der Waals surface area contributed by atoms with Crippen molar-refractivity contribution < 1.29 is 23.7 Å². The first-order valence-corrected chi connectivity index (χ1v) is 14.5. The third-order valence-corrected chi connectivity index (χ3v) is 7.89. The van der Waals surface area contributed by atoms with Crippen LogP contribution in [0.4, 0.5) is 0 Å². The number of nitrogens with zero attached hydrogens (tertiary/aromatic N) is 2. The van der Waals surface area contributed by atoms with E-state index in [-0.39, 0.29) is 17.7 Å². The molecule has 1 aromatic heterocycles. The van der Waals surface area contributed by atoms with E-state index in [1.54, 1.807) is 56.5 Å². The molecule has 0 unspecified atom stereocenters. The second kappa shape index (κ2) is 12.7. The van der Waals surface area contributed by atoms with E-state index in [0.29, 0.717) is 60.6 Å².